The molecule has 0 bridgehead atoms. The van der Waals surface area contributed by atoms with E-state index in [4.69, 9.17) is 14.5 Å². The molecule has 8 rings (SSSR count). The van der Waals surface area contributed by atoms with Crippen molar-refractivity contribution < 1.29 is 37.9 Å². The zero-order chi connectivity index (χ0) is 40.3. The van der Waals surface area contributed by atoms with Crippen LogP contribution < -0.4 is 9.80 Å². The number of pyridine rings is 2. The summed E-state index contributed by atoms with van der Waals surface area (Å²) in [5, 5.41) is 11.9. The molecule has 15 heteroatoms. The number of hydrogen-bond donors (Lipinski definition) is 0. The van der Waals surface area contributed by atoms with Gasteiger partial charge in [0.1, 0.15) is 5.82 Å². The minimum absolute atomic E-state index is 0.0182. The normalized spacial score (nSPS) is 15.9. The van der Waals surface area contributed by atoms with Crippen LogP contribution in [0.25, 0.3) is 22.3 Å². The van der Waals surface area contributed by atoms with E-state index in [0.717, 1.165) is 101 Å². The third-order valence-corrected chi connectivity index (χ3v) is 11.3. The molecule has 0 amide bonds. The highest BCUT2D eigenvalue weighted by Gasteiger charge is 2.45. The van der Waals surface area contributed by atoms with Gasteiger partial charge in [0.05, 0.1) is 60.5 Å². The van der Waals surface area contributed by atoms with Gasteiger partial charge in [-0.2, -0.15) is 0 Å². The molecular weight excluding hydrogens is 801 g/mol. The predicted molar refractivity (Wildman–Crippen MR) is 215 cm³/mol. The molecular formula is C42H41BrFN5O8. The predicted octanol–water partition coefficient (Wildman–Crippen LogP) is 7.57. The summed E-state index contributed by atoms with van der Waals surface area (Å²) in [6.45, 7) is 7.77. The number of nitrogens with zero attached hydrogens (tertiary/aromatic N) is 5. The molecule has 0 saturated carbocycles. The number of hydrogen-bond acceptors (Lipinski definition) is 12. The number of carbonyl (C=O) groups is 2. The van der Waals surface area contributed by atoms with Crippen LogP contribution in [-0.4, -0.2) is 87.1 Å². The summed E-state index contributed by atoms with van der Waals surface area (Å²) in [5.41, 5.74) is 7.75. The highest BCUT2D eigenvalue weighted by atomic mass is 79.9. The lowest BCUT2D eigenvalue weighted by Gasteiger charge is -2.35. The van der Waals surface area contributed by atoms with Crippen LogP contribution in [0.4, 0.5) is 27.1 Å². The van der Waals surface area contributed by atoms with Crippen molar-refractivity contribution >= 4 is 61.5 Å². The van der Waals surface area contributed by atoms with E-state index in [1.807, 2.05) is 24.3 Å². The van der Waals surface area contributed by atoms with Crippen LogP contribution in [0, 0.1) is 22.9 Å². The van der Waals surface area contributed by atoms with Gasteiger partial charge in [-0.25, -0.2) is 9.37 Å². The zero-order valence-electron chi connectivity index (χ0n) is 31.7. The Morgan fingerprint density at radius 3 is 2.33 bits per heavy atom. The number of methoxy groups -OCH3 is 2. The number of benzene rings is 3. The average molecular weight is 843 g/mol. The lowest BCUT2D eigenvalue weighted by Crippen LogP contribution is -2.37. The number of halogens is 2. The monoisotopic (exact) mass is 841 g/mol. The van der Waals surface area contributed by atoms with Crippen molar-refractivity contribution in [1.29, 1.82) is 0 Å². The van der Waals surface area contributed by atoms with Crippen LogP contribution in [-0.2, 0) is 34.0 Å². The molecule has 3 aliphatic heterocycles. The Kier molecular flexibility index (Phi) is 11.8. The number of nitro groups is 1. The molecule has 0 aliphatic carbocycles. The van der Waals surface area contributed by atoms with Crippen molar-refractivity contribution in [2.24, 2.45) is 0 Å². The number of aromatic nitrogens is 2. The standard InChI is InChI=1S/C31H31FN4O2.C11H10BrNO6/c1-21-29(26-4-2-3-11-33-26)34-27-18-22(32)5-7-24(27)30(21)36-20-31(9-14-37-15-10-31)25-8-6-23(19-28(25)36)35-12-16-38-17-13-35;1-18-10(14)9(11(15)19-2)7-4-3-6(12)5-8(7)13(16)17/h2-8,11,18-19H,9-10,12-17,20H2,1H3;3-5,9H,1-2H3. The van der Waals surface area contributed by atoms with Crippen molar-refractivity contribution in [3.8, 4) is 11.4 Å². The number of morpholine rings is 1. The molecule has 3 aliphatic rings. The van der Waals surface area contributed by atoms with Crippen LogP contribution in [0.1, 0.15) is 35.4 Å². The van der Waals surface area contributed by atoms with E-state index in [0.29, 0.717) is 9.99 Å². The molecule has 1 spiro atoms. The van der Waals surface area contributed by atoms with Crippen molar-refractivity contribution in [2.75, 3.05) is 70.1 Å². The van der Waals surface area contributed by atoms with Crippen molar-refractivity contribution in [1.82, 2.24) is 9.97 Å². The van der Waals surface area contributed by atoms with Crippen LogP contribution in [0.15, 0.2) is 83.5 Å². The summed E-state index contributed by atoms with van der Waals surface area (Å²) in [6, 6.07) is 21.8. The fraction of sp³-hybridized carbons (Fsp3) is 0.333. The molecule has 3 aromatic carbocycles. The first-order valence-corrected chi connectivity index (χ1v) is 19.3. The second-order valence-electron chi connectivity index (χ2n) is 14.0. The van der Waals surface area contributed by atoms with Crippen LogP contribution in [0.5, 0.6) is 0 Å². The number of nitro benzene ring substituents is 1. The van der Waals surface area contributed by atoms with E-state index in [1.54, 1.807) is 12.3 Å². The molecule has 2 fully saturated rings. The van der Waals surface area contributed by atoms with E-state index >= 15 is 0 Å². The maximum atomic E-state index is 14.5. The second-order valence-corrected chi connectivity index (χ2v) is 14.9. The average Bonchev–Trinajstić information content (AvgIpc) is 3.53. The van der Waals surface area contributed by atoms with Crippen LogP contribution >= 0.6 is 15.9 Å². The van der Waals surface area contributed by atoms with E-state index < -0.39 is 22.8 Å². The number of fused-ring (bicyclic) bond motifs is 3. The van der Waals surface area contributed by atoms with Crippen molar-refractivity contribution in [3.05, 3.63) is 116 Å². The Morgan fingerprint density at radius 1 is 0.947 bits per heavy atom. The molecule has 13 nitrogen and oxygen atoms in total. The minimum Gasteiger partial charge on any atom is -0.468 e. The maximum absolute atomic E-state index is 14.5. The van der Waals surface area contributed by atoms with Crippen molar-refractivity contribution in [2.45, 2.75) is 31.1 Å². The quantitative estimate of drug-likeness (QED) is 0.0690. The summed E-state index contributed by atoms with van der Waals surface area (Å²) < 4.78 is 35.3. The number of rotatable bonds is 7. The lowest BCUT2D eigenvalue weighted by molar-refractivity contribution is -0.385. The molecule has 296 valence electrons. The van der Waals surface area contributed by atoms with Gasteiger partial charge in [0.25, 0.3) is 5.69 Å². The Morgan fingerprint density at radius 2 is 1.67 bits per heavy atom. The minimum atomic E-state index is -1.48. The van der Waals surface area contributed by atoms with Gasteiger partial charge in [0.15, 0.2) is 5.92 Å². The first kappa shape index (κ1) is 39.7. The third-order valence-electron chi connectivity index (χ3n) is 10.8. The highest BCUT2D eigenvalue weighted by molar-refractivity contribution is 9.10. The van der Waals surface area contributed by atoms with Crippen LogP contribution in [0.2, 0.25) is 0 Å². The van der Waals surface area contributed by atoms with Gasteiger partial charge in [-0.05, 0) is 73.9 Å². The summed E-state index contributed by atoms with van der Waals surface area (Å²) in [4.78, 5) is 47.9. The SMILES string of the molecule is COC(=O)C(C(=O)OC)c1ccc(Br)cc1[N+](=O)[O-].Cc1c(-c2ccccn2)nc2cc(F)ccc2c1N1CC2(CCOCC2)c2ccc(N3CCOCC3)cc21. The molecule has 0 radical (unpaired) electrons. The highest BCUT2D eigenvalue weighted by Crippen LogP contribution is 2.53. The number of ether oxygens (including phenoxy) is 4. The molecule has 2 aromatic heterocycles. The Balaban J connectivity index is 0.000000222. The second kappa shape index (κ2) is 16.9. The summed E-state index contributed by atoms with van der Waals surface area (Å²) >= 11 is 3.09. The summed E-state index contributed by atoms with van der Waals surface area (Å²) in [5.74, 6) is -3.61. The van der Waals surface area contributed by atoms with E-state index in [1.165, 1.54) is 41.2 Å². The smallest absolute Gasteiger partial charge is 0.324 e. The fourth-order valence-electron chi connectivity index (χ4n) is 7.99. The molecule has 57 heavy (non-hydrogen) atoms. The van der Waals surface area contributed by atoms with Gasteiger partial charge in [-0.15, -0.1) is 0 Å². The maximum Gasteiger partial charge on any atom is 0.324 e. The van der Waals surface area contributed by atoms with Gasteiger partial charge in [0.2, 0.25) is 0 Å². The molecule has 0 unspecified atom stereocenters. The van der Waals surface area contributed by atoms with E-state index in [2.05, 4.69) is 65.3 Å². The zero-order valence-corrected chi connectivity index (χ0v) is 33.3. The molecule has 0 atom stereocenters. The number of esters is 2. The van der Waals surface area contributed by atoms with E-state index in [9.17, 15) is 24.1 Å². The first-order valence-electron chi connectivity index (χ1n) is 18.5. The van der Waals surface area contributed by atoms with Gasteiger partial charge >= 0.3 is 11.9 Å². The third kappa shape index (κ3) is 7.91. The molecule has 5 heterocycles. The van der Waals surface area contributed by atoms with E-state index in [-0.39, 0.29) is 22.5 Å². The first-order chi connectivity index (χ1) is 27.5. The van der Waals surface area contributed by atoms with Gasteiger partial charge in [-0.3, -0.25) is 24.7 Å². The number of carbonyl (C=O) groups excluding carboxylic acids is 2. The fourth-order valence-corrected chi connectivity index (χ4v) is 8.34. The Labute approximate surface area is 337 Å². The van der Waals surface area contributed by atoms with Crippen molar-refractivity contribution in [3.63, 3.8) is 0 Å². The van der Waals surface area contributed by atoms with Gasteiger partial charge in [0, 0.05) is 83.4 Å². The van der Waals surface area contributed by atoms with Crippen LogP contribution in [0.3, 0.4) is 0 Å². The topological polar surface area (TPSA) is 146 Å². The molecule has 0 N–H and O–H groups in total. The molecule has 5 aromatic rings. The molecule has 2 saturated heterocycles. The lowest BCUT2D eigenvalue weighted by atomic mass is 9.76. The number of anilines is 3. The summed E-state index contributed by atoms with van der Waals surface area (Å²) in [6.07, 6.45) is 3.75. The van der Waals surface area contributed by atoms with Gasteiger partial charge in [-0.1, -0.05) is 28.1 Å². The Bertz CT molecular complexity index is 2300. The largest absolute Gasteiger partial charge is 0.468 e. The van der Waals surface area contributed by atoms with Gasteiger partial charge < -0.3 is 28.7 Å². The Hall–Kier alpha value is -5.51. The summed E-state index contributed by atoms with van der Waals surface area (Å²) in [7, 11) is 2.17.